The molecule has 0 amide bonds. The molecule has 5 rings (SSSR count). The zero-order valence-electron chi connectivity index (χ0n) is 20.8. The fourth-order valence-electron chi connectivity index (χ4n) is 4.39. The summed E-state index contributed by atoms with van der Waals surface area (Å²) in [4.78, 5) is 11.5. The Bertz CT molecular complexity index is 1380. The van der Waals surface area contributed by atoms with Crippen LogP contribution in [0, 0.1) is 0 Å². The van der Waals surface area contributed by atoms with E-state index >= 15 is 0 Å². The number of ether oxygens (including phenoxy) is 3. The van der Waals surface area contributed by atoms with Gasteiger partial charge in [-0.05, 0) is 50.0 Å². The Labute approximate surface area is 217 Å². The van der Waals surface area contributed by atoms with Crippen LogP contribution in [0.5, 0.6) is 17.2 Å². The van der Waals surface area contributed by atoms with Gasteiger partial charge in [-0.25, -0.2) is 0 Å². The highest BCUT2D eigenvalue weighted by Crippen LogP contribution is 2.49. The maximum absolute atomic E-state index is 6.02. The first-order valence-corrected chi connectivity index (χ1v) is 11.5. The van der Waals surface area contributed by atoms with Crippen LogP contribution in [-0.4, -0.2) is 57.1 Å². The van der Waals surface area contributed by atoms with Crippen molar-refractivity contribution in [3.05, 3.63) is 77.4 Å². The van der Waals surface area contributed by atoms with Crippen molar-refractivity contribution in [3.8, 4) is 28.5 Å². The molecular formula is C28H30ClN3O4. The summed E-state index contributed by atoms with van der Waals surface area (Å²) in [7, 11) is 7.39. The molecule has 188 valence electrons. The summed E-state index contributed by atoms with van der Waals surface area (Å²) in [6.07, 6.45) is 0. The fourth-order valence-corrected chi connectivity index (χ4v) is 4.39. The molecule has 0 saturated heterocycles. The number of aromatic amines is 1. The first kappa shape index (κ1) is 25.4. The summed E-state index contributed by atoms with van der Waals surface area (Å²) in [6, 6.07) is 19.9. The Morgan fingerprint density at radius 2 is 1.58 bits per heavy atom. The molecule has 36 heavy (non-hydrogen) atoms. The van der Waals surface area contributed by atoms with Crippen molar-refractivity contribution in [3.63, 3.8) is 0 Å². The SMILES string of the molecule is COc1ccc(OC)c2c1/C(=N/OCc1ccccc1)c1c-2[nH]c2ccc(OCCN(C)C)cc12.Cl. The molecule has 4 aromatic rings. The number of fused-ring (bicyclic) bond motifs is 5. The van der Waals surface area contributed by atoms with Gasteiger partial charge in [-0.1, -0.05) is 35.5 Å². The second kappa shape index (κ2) is 10.9. The normalized spacial score (nSPS) is 12.9. The number of oxime groups is 1. The van der Waals surface area contributed by atoms with Gasteiger partial charge in [0.25, 0.3) is 0 Å². The number of H-pyrrole nitrogens is 1. The maximum Gasteiger partial charge on any atom is 0.142 e. The summed E-state index contributed by atoms with van der Waals surface area (Å²) in [5.74, 6) is 2.25. The Balaban J connectivity index is 0.00000304. The van der Waals surface area contributed by atoms with Crippen LogP contribution in [0.4, 0.5) is 0 Å². The topological polar surface area (TPSA) is 68.3 Å². The number of hydrogen-bond donors (Lipinski definition) is 1. The van der Waals surface area contributed by atoms with Crippen LogP contribution in [0.25, 0.3) is 22.2 Å². The molecule has 7 nitrogen and oxygen atoms in total. The Morgan fingerprint density at radius 1 is 0.861 bits per heavy atom. The van der Waals surface area contributed by atoms with Gasteiger partial charge in [0.15, 0.2) is 0 Å². The smallest absolute Gasteiger partial charge is 0.142 e. The predicted molar refractivity (Wildman–Crippen MR) is 145 cm³/mol. The van der Waals surface area contributed by atoms with Crippen LogP contribution in [0.1, 0.15) is 16.7 Å². The van der Waals surface area contributed by atoms with Gasteiger partial charge in [-0.3, -0.25) is 0 Å². The van der Waals surface area contributed by atoms with Gasteiger partial charge in [-0.15, -0.1) is 12.4 Å². The molecule has 1 heterocycles. The summed E-state index contributed by atoms with van der Waals surface area (Å²) < 4.78 is 17.5. The zero-order chi connectivity index (χ0) is 24.4. The van der Waals surface area contributed by atoms with Crippen molar-refractivity contribution < 1.29 is 19.0 Å². The lowest BCUT2D eigenvalue weighted by Gasteiger charge is -2.13. The Kier molecular flexibility index (Phi) is 7.72. The third kappa shape index (κ3) is 4.72. The molecule has 1 aromatic heterocycles. The third-order valence-electron chi connectivity index (χ3n) is 6.10. The minimum absolute atomic E-state index is 0. The first-order valence-electron chi connectivity index (χ1n) is 11.5. The molecule has 0 unspecified atom stereocenters. The lowest BCUT2D eigenvalue weighted by atomic mass is 10.0. The lowest BCUT2D eigenvalue weighted by Crippen LogP contribution is -2.19. The van der Waals surface area contributed by atoms with Crippen molar-refractivity contribution >= 4 is 29.0 Å². The van der Waals surface area contributed by atoms with E-state index in [9.17, 15) is 0 Å². The molecule has 0 atom stereocenters. The van der Waals surface area contributed by atoms with Crippen molar-refractivity contribution in [2.45, 2.75) is 6.61 Å². The monoisotopic (exact) mass is 507 g/mol. The van der Waals surface area contributed by atoms with Gasteiger partial charge in [0.05, 0.1) is 31.0 Å². The molecule has 3 aromatic carbocycles. The van der Waals surface area contributed by atoms with Crippen LogP contribution in [0.3, 0.4) is 0 Å². The van der Waals surface area contributed by atoms with Crippen molar-refractivity contribution in [2.24, 2.45) is 5.16 Å². The van der Waals surface area contributed by atoms with E-state index in [0.717, 1.165) is 56.9 Å². The molecule has 0 aliphatic heterocycles. The number of nitrogens with zero attached hydrogens (tertiary/aromatic N) is 2. The van der Waals surface area contributed by atoms with Gasteiger partial charge < -0.3 is 28.9 Å². The number of methoxy groups -OCH3 is 2. The zero-order valence-corrected chi connectivity index (χ0v) is 21.6. The molecule has 1 aliphatic carbocycles. The number of hydrogen-bond acceptors (Lipinski definition) is 6. The van der Waals surface area contributed by atoms with Crippen molar-refractivity contribution in [2.75, 3.05) is 41.5 Å². The first-order chi connectivity index (χ1) is 17.1. The van der Waals surface area contributed by atoms with Crippen molar-refractivity contribution in [1.82, 2.24) is 9.88 Å². The number of nitrogens with one attached hydrogen (secondary N) is 1. The molecule has 0 fully saturated rings. The minimum Gasteiger partial charge on any atom is -0.496 e. The van der Waals surface area contributed by atoms with E-state index in [0.29, 0.717) is 24.7 Å². The quantitative estimate of drug-likeness (QED) is 0.267. The minimum atomic E-state index is 0. The van der Waals surface area contributed by atoms with Gasteiger partial charge in [0.2, 0.25) is 0 Å². The summed E-state index contributed by atoms with van der Waals surface area (Å²) in [5.41, 5.74) is 6.38. The van der Waals surface area contributed by atoms with E-state index in [-0.39, 0.29) is 12.4 Å². The average molecular weight is 508 g/mol. The fraction of sp³-hybridized carbons (Fsp3) is 0.250. The summed E-state index contributed by atoms with van der Waals surface area (Å²) in [5, 5.41) is 5.64. The van der Waals surface area contributed by atoms with Gasteiger partial charge in [0, 0.05) is 23.0 Å². The average Bonchev–Trinajstić information content (AvgIpc) is 3.39. The largest absolute Gasteiger partial charge is 0.496 e. The number of benzene rings is 3. The molecule has 0 spiro atoms. The highest BCUT2D eigenvalue weighted by molar-refractivity contribution is 6.31. The lowest BCUT2D eigenvalue weighted by molar-refractivity contribution is 0.131. The molecule has 0 bridgehead atoms. The van der Waals surface area contributed by atoms with Crippen LogP contribution in [0.15, 0.2) is 65.8 Å². The number of aromatic nitrogens is 1. The Hall–Kier alpha value is -3.68. The summed E-state index contributed by atoms with van der Waals surface area (Å²) >= 11 is 0. The molecule has 8 heteroatoms. The van der Waals surface area contributed by atoms with Crippen LogP contribution >= 0.6 is 12.4 Å². The van der Waals surface area contributed by atoms with Crippen molar-refractivity contribution in [1.29, 1.82) is 0 Å². The van der Waals surface area contributed by atoms with E-state index in [4.69, 9.17) is 19.0 Å². The number of rotatable bonds is 9. The summed E-state index contributed by atoms with van der Waals surface area (Å²) in [6.45, 7) is 1.81. The second-order valence-electron chi connectivity index (χ2n) is 8.65. The highest BCUT2D eigenvalue weighted by atomic mass is 35.5. The highest BCUT2D eigenvalue weighted by Gasteiger charge is 2.35. The Morgan fingerprint density at radius 3 is 2.28 bits per heavy atom. The van der Waals surface area contributed by atoms with E-state index in [1.807, 2.05) is 68.7 Å². The van der Waals surface area contributed by atoms with E-state index in [1.54, 1.807) is 14.2 Å². The van der Waals surface area contributed by atoms with E-state index < -0.39 is 0 Å². The number of likely N-dealkylation sites (N-methyl/N-ethyl adjacent to an activating group) is 1. The maximum atomic E-state index is 6.02. The molecule has 0 saturated carbocycles. The molecule has 0 radical (unpaired) electrons. The molecular weight excluding hydrogens is 478 g/mol. The van der Waals surface area contributed by atoms with E-state index in [2.05, 4.69) is 21.1 Å². The molecule has 1 aliphatic rings. The van der Waals surface area contributed by atoms with Gasteiger partial charge >= 0.3 is 0 Å². The van der Waals surface area contributed by atoms with E-state index in [1.165, 1.54) is 0 Å². The third-order valence-corrected chi connectivity index (χ3v) is 6.10. The molecule has 1 N–H and O–H groups in total. The standard InChI is InChI=1S/C28H29N3O4.ClH/c1-31(2)14-15-34-19-10-11-21-20(16-19)24-27(29-21)25-22(32-3)12-13-23(33-4)26(25)28(24)30-35-17-18-8-6-5-7-9-18;/h5-13,16,29H,14-15,17H2,1-4H3;1H/b30-28+;. The predicted octanol–water partition coefficient (Wildman–Crippen LogP) is 5.50. The second-order valence-corrected chi connectivity index (χ2v) is 8.65. The van der Waals surface area contributed by atoms with Crippen LogP contribution < -0.4 is 14.2 Å². The van der Waals surface area contributed by atoms with Crippen LogP contribution in [-0.2, 0) is 11.4 Å². The van der Waals surface area contributed by atoms with Crippen LogP contribution in [0.2, 0.25) is 0 Å². The van der Waals surface area contributed by atoms with Gasteiger partial charge in [0.1, 0.15) is 36.2 Å². The number of halogens is 1. The van der Waals surface area contributed by atoms with Gasteiger partial charge in [-0.2, -0.15) is 0 Å².